The standard InChI is InChI=1S/C15H21NO2S/c17-10-12-3-1-2-4-14(12)16-15(18)9-11-5-7-13(19)8-6-11/h5-8,12,14,17,19H,1-4,9-10H2,(H,16,18). The number of aliphatic hydroxyl groups is 1. The highest BCUT2D eigenvalue weighted by atomic mass is 32.1. The summed E-state index contributed by atoms with van der Waals surface area (Å²) in [6, 6.07) is 7.76. The van der Waals surface area contributed by atoms with E-state index in [4.69, 9.17) is 0 Å². The molecule has 2 atom stereocenters. The Hall–Kier alpha value is -1.00. The number of amides is 1. The van der Waals surface area contributed by atoms with E-state index in [0.29, 0.717) is 6.42 Å². The largest absolute Gasteiger partial charge is 0.396 e. The quantitative estimate of drug-likeness (QED) is 0.740. The van der Waals surface area contributed by atoms with Gasteiger partial charge in [0.1, 0.15) is 0 Å². The van der Waals surface area contributed by atoms with Crippen LogP contribution in [0.2, 0.25) is 0 Å². The van der Waals surface area contributed by atoms with Crippen molar-refractivity contribution in [1.82, 2.24) is 5.32 Å². The number of hydrogen-bond donors (Lipinski definition) is 3. The van der Waals surface area contributed by atoms with Gasteiger partial charge in [0.2, 0.25) is 5.91 Å². The first kappa shape index (κ1) is 14.4. The number of benzene rings is 1. The van der Waals surface area contributed by atoms with Gasteiger partial charge in [0, 0.05) is 23.5 Å². The normalized spacial score (nSPS) is 23.1. The molecular weight excluding hydrogens is 258 g/mol. The van der Waals surface area contributed by atoms with Crippen LogP contribution in [-0.4, -0.2) is 23.7 Å². The summed E-state index contributed by atoms with van der Waals surface area (Å²) >= 11 is 4.22. The van der Waals surface area contributed by atoms with Gasteiger partial charge in [0.25, 0.3) is 0 Å². The van der Waals surface area contributed by atoms with Gasteiger partial charge in [-0.1, -0.05) is 25.0 Å². The van der Waals surface area contributed by atoms with Crippen molar-refractivity contribution < 1.29 is 9.90 Å². The Labute approximate surface area is 119 Å². The minimum Gasteiger partial charge on any atom is -0.396 e. The average Bonchev–Trinajstić information content (AvgIpc) is 2.42. The van der Waals surface area contributed by atoms with Crippen LogP contribution < -0.4 is 5.32 Å². The molecule has 2 N–H and O–H groups in total. The van der Waals surface area contributed by atoms with Crippen molar-refractivity contribution >= 4 is 18.5 Å². The number of carbonyl (C=O) groups excluding carboxylic acids is 1. The fourth-order valence-electron chi connectivity index (χ4n) is 2.67. The van der Waals surface area contributed by atoms with Crippen molar-refractivity contribution in [2.24, 2.45) is 5.92 Å². The van der Waals surface area contributed by atoms with E-state index in [1.807, 2.05) is 24.3 Å². The summed E-state index contributed by atoms with van der Waals surface area (Å²) in [6.45, 7) is 0.166. The maximum Gasteiger partial charge on any atom is 0.224 e. The summed E-state index contributed by atoms with van der Waals surface area (Å²) in [5.41, 5.74) is 0.992. The second kappa shape index (κ2) is 6.96. The van der Waals surface area contributed by atoms with Gasteiger partial charge in [-0.2, -0.15) is 0 Å². The van der Waals surface area contributed by atoms with E-state index in [0.717, 1.165) is 36.1 Å². The minimum atomic E-state index is 0.0391. The van der Waals surface area contributed by atoms with E-state index in [2.05, 4.69) is 17.9 Å². The number of thiol groups is 1. The molecule has 1 aromatic rings. The number of rotatable bonds is 4. The van der Waals surface area contributed by atoms with Crippen molar-refractivity contribution in [3.05, 3.63) is 29.8 Å². The molecule has 104 valence electrons. The smallest absolute Gasteiger partial charge is 0.224 e. The molecule has 2 rings (SSSR count). The molecule has 1 aliphatic rings. The zero-order valence-electron chi connectivity index (χ0n) is 11.0. The highest BCUT2D eigenvalue weighted by Gasteiger charge is 2.25. The Morgan fingerprint density at radius 3 is 2.63 bits per heavy atom. The summed E-state index contributed by atoms with van der Waals surface area (Å²) in [5, 5.41) is 12.4. The van der Waals surface area contributed by atoms with Crippen LogP contribution >= 0.6 is 12.6 Å². The predicted molar refractivity (Wildman–Crippen MR) is 78.4 cm³/mol. The van der Waals surface area contributed by atoms with Gasteiger partial charge in [-0.15, -0.1) is 12.6 Å². The van der Waals surface area contributed by atoms with Gasteiger partial charge >= 0.3 is 0 Å². The third kappa shape index (κ3) is 4.25. The molecule has 1 aromatic carbocycles. The Kier molecular flexibility index (Phi) is 5.28. The first-order valence-electron chi connectivity index (χ1n) is 6.87. The summed E-state index contributed by atoms with van der Waals surface area (Å²) in [5.74, 6) is 0.259. The number of hydrogen-bond acceptors (Lipinski definition) is 3. The topological polar surface area (TPSA) is 49.3 Å². The number of aliphatic hydroxyl groups excluding tert-OH is 1. The third-order valence-electron chi connectivity index (χ3n) is 3.79. The monoisotopic (exact) mass is 279 g/mol. The van der Waals surface area contributed by atoms with Crippen molar-refractivity contribution in [2.75, 3.05) is 6.61 Å². The number of carbonyl (C=O) groups is 1. The minimum absolute atomic E-state index is 0.0391. The first-order chi connectivity index (χ1) is 9.19. The lowest BCUT2D eigenvalue weighted by Gasteiger charge is -2.30. The molecule has 4 heteroatoms. The van der Waals surface area contributed by atoms with Gasteiger partial charge in [-0.05, 0) is 30.5 Å². The van der Waals surface area contributed by atoms with Crippen LogP contribution in [0.4, 0.5) is 0 Å². The Morgan fingerprint density at radius 1 is 1.26 bits per heavy atom. The van der Waals surface area contributed by atoms with Crippen LogP contribution in [0.3, 0.4) is 0 Å². The van der Waals surface area contributed by atoms with E-state index < -0.39 is 0 Å². The molecule has 0 saturated heterocycles. The fourth-order valence-corrected chi connectivity index (χ4v) is 2.82. The molecule has 1 amide bonds. The van der Waals surface area contributed by atoms with E-state index in [-0.39, 0.29) is 24.5 Å². The van der Waals surface area contributed by atoms with Crippen LogP contribution in [0.5, 0.6) is 0 Å². The van der Waals surface area contributed by atoms with Crippen LogP contribution in [0.1, 0.15) is 31.2 Å². The van der Waals surface area contributed by atoms with Crippen LogP contribution in [-0.2, 0) is 11.2 Å². The highest BCUT2D eigenvalue weighted by molar-refractivity contribution is 7.80. The molecule has 0 aromatic heterocycles. The van der Waals surface area contributed by atoms with Crippen molar-refractivity contribution in [3.63, 3.8) is 0 Å². The van der Waals surface area contributed by atoms with Crippen molar-refractivity contribution in [1.29, 1.82) is 0 Å². The summed E-state index contributed by atoms with van der Waals surface area (Å²) in [4.78, 5) is 12.9. The fraction of sp³-hybridized carbons (Fsp3) is 0.533. The van der Waals surface area contributed by atoms with Gasteiger partial charge in [0.15, 0.2) is 0 Å². The summed E-state index contributed by atoms with van der Waals surface area (Å²) in [7, 11) is 0. The molecule has 0 bridgehead atoms. The molecule has 0 radical (unpaired) electrons. The van der Waals surface area contributed by atoms with Crippen LogP contribution in [0.15, 0.2) is 29.2 Å². The molecule has 0 spiro atoms. The van der Waals surface area contributed by atoms with Crippen molar-refractivity contribution in [3.8, 4) is 0 Å². The zero-order valence-corrected chi connectivity index (χ0v) is 11.9. The van der Waals surface area contributed by atoms with Gasteiger partial charge < -0.3 is 10.4 Å². The van der Waals surface area contributed by atoms with Crippen LogP contribution in [0, 0.1) is 5.92 Å². The van der Waals surface area contributed by atoms with E-state index >= 15 is 0 Å². The van der Waals surface area contributed by atoms with E-state index in [1.165, 1.54) is 0 Å². The van der Waals surface area contributed by atoms with E-state index in [9.17, 15) is 9.90 Å². The lowest BCUT2D eigenvalue weighted by atomic mass is 9.85. The predicted octanol–water partition coefficient (Wildman–Crippen LogP) is 2.19. The van der Waals surface area contributed by atoms with Gasteiger partial charge in [0.05, 0.1) is 6.42 Å². The molecule has 1 aliphatic carbocycles. The molecule has 19 heavy (non-hydrogen) atoms. The average molecular weight is 279 g/mol. The number of nitrogens with one attached hydrogen (secondary N) is 1. The molecule has 2 unspecified atom stereocenters. The van der Waals surface area contributed by atoms with Gasteiger partial charge in [-0.3, -0.25) is 4.79 Å². The molecule has 1 saturated carbocycles. The molecule has 0 heterocycles. The zero-order chi connectivity index (χ0) is 13.7. The first-order valence-corrected chi connectivity index (χ1v) is 7.32. The van der Waals surface area contributed by atoms with Crippen molar-refractivity contribution in [2.45, 2.75) is 43.0 Å². The van der Waals surface area contributed by atoms with Gasteiger partial charge in [-0.25, -0.2) is 0 Å². The molecule has 0 aliphatic heterocycles. The Morgan fingerprint density at radius 2 is 1.95 bits per heavy atom. The summed E-state index contributed by atoms with van der Waals surface area (Å²) in [6.07, 6.45) is 4.67. The van der Waals surface area contributed by atoms with Crippen LogP contribution in [0.25, 0.3) is 0 Å². The third-order valence-corrected chi connectivity index (χ3v) is 4.09. The second-order valence-electron chi connectivity index (χ2n) is 5.24. The SMILES string of the molecule is O=C(Cc1ccc(S)cc1)NC1CCCCC1CO. The maximum atomic E-state index is 12.0. The Bertz CT molecular complexity index is 419. The van der Waals surface area contributed by atoms with E-state index in [1.54, 1.807) is 0 Å². The highest BCUT2D eigenvalue weighted by Crippen LogP contribution is 2.24. The Balaban J connectivity index is 1.88. The molecule has 1 fully saturated rings. The lowest BCUT2D eigenvalue weighted by Crippen LogP contribution is -2.44. The summed E-state index contributed by atoms with van der Waals surface area (Å²) < 4.78 is 0. The molecular formula is C15H21NO2S. The lowest BCUT2D eigenvalue weighted by molar-refractivity contribution is -0.121. The maximum absolute atomic E-state index is 12.0. The second-order valence-corrected chi connectivity index (χ2v) is 5.76. The molecule has 3 nitrogen and oxygen atoms in total.